The molecule has 2 aromatic heterocycles. The fourth-order valence-corrected chi connectivity index (χ4v) is 4.66. The quantitative estimate of drug-likeness (QED) is 0.508. The fraction of sp³-hybridized carbons (Fsp3) is 0.391. The van der Waals surface area contributed by atoms with E-state index in [4.69, 9.17) is 0 Å². The lowest BCUT2D eigenvalue weighted by molar-refractivity contribution is 0.0945. The predicted octanol–water partition coefficient (Wildman–Crippen LogP) is 2.74. The zero-order chi connectivity index (χ0) is 23.1. The number of nitrogens with one attached hydrogen (secondary N) is 2. The maximum atomic E-state index is 14.7. The van der Waals surface area contributed by atoms with Crippen molar-refractivity contribution >= 4 is 38.6 Å². The molecule has 1 saturated carbocycles. The van der Waals surface area contributed by atoms with Gasteiger partial charge in [0.25, 0.3) is 11.5 Å². The van der Waals surface area contributed by atoms with Crippen LogP contribution in [0.15, 0.2) is 33.5 Å². The van der Waals surface area contributed by atoms with E-state index in [1.807, 2.05) is 17.0 Å². The molecule has 8 nitrogen and oxygen atoms in total. The monoisotopic (exact) mass is 514 g/mol. The number of hydrogen-bond donors (Lipinski definition) is 2. The third-order valence-corrected chi connectivity index (χ3v) is 6.68. The Morgan fingerprint density at radius 1 is 1.21 bits per heavy atom. The number of piperazine rings is 1. The van der Waals surface area contributed by atoms with Crippen molar-refractivity contribution in [3.05, 3.63) is 62.0 Å². The number of nitrogens with zero attached hydrogens (tertiary/aromatic N) is 4. The summed E-state index contributed by atoms with van der Waals surface area (Å²) >= 11 is 3.56. The van der Waals surface area contributed by atoms with E-state index in [0.717, 1.165) is 41.5 Å². The molecule has 172 valence electrons. The number of benzene rings is 1. The third-order valence-electron chi connectivity index (χ3n) is 6.07. The molecule has 1 amide bonds. The van der Waals surface area contributed by atoms with Gasteiger partial charge in [0.15, 0.2) is 0 Å². The maximum absolute atomic E-state index is 14.7. The second-order valence-corrected chi connectivity index (χ2v) is 9.50. The summed E-state index contributed by atoms with van der Waals surface area (Å²) in [5, 5.41) is 2.83. The SMILES string of the molecule is Cc1nc2c(Br)cc(CN3CCN(c4ccc(C(=O)NC5CC5)nc4F)CC3)cc2[nH]c1=O. The molecule has 10 heteroatoms. The summed E-state index contributed by atoms with van der Waals surface area (Å²) in [4.78, 5) is 39.4. The number of pyridine rings is 1. The van der Waals surface area contributed by atoms with Crippen LogP contribution in [0.5, 0.6) is 0 Å². The van der Waals surface area contributed by atoms with Crippen LogP contribution in [-0.4, -0.2) is 58.0 Å². The van der Waals surface area contributed by atoms with Crippen LogP contribution >= 0.6 is 15.9 Å². The average Bonchev–Trinajstić information content (AvgIpc) is 3.60. The van der Waals surface area contributed by atoms with Gasteiger partial charge < -0.3 is 15.2 Å². The van der Waals surface area contributed by atoms with Crippen molar-refractivity contribution in [3.8, 4) is 0 Å². The largest absolute Gasteiger partial charge is 0.365 e. The van der Waals surface area contributed by atoms with Gasteiger partial charge in [-0.2, -0.15) is 4.39 Å². The highest BCUT2D eigenvalue weighted by atomic mass is 79.9. The lowest BCUT2D eigenvalue weighted by Crippen LogP contribution is -2.46. The van der Waals surface area contributed by atoms with Crippen LogP contribution in [0.3, 0.4) is 0 Å². The molecule has 3 heterocycles. The molecule has 33 heavy (non-hydrogen) atoms. The number of aromatic nitrogens is 3. The summed E-state index contributed by atoms with van der Waals surface area (Å²) in [7, 11) is 0. The summed E-state index contributed by atoms with van der Waals surface area (Å²) in [5.41, 5.74) is 3.28. The Balaban J connectivity index is 1.23. The third kappa shape index (κ3) is 4.77. The van der Waals surface area contributed by atoms with Crippen LogP contribution in [0.1, 0.15) is 34.6 Å². The van der Waals surface area contributed by atoms with E-state index in [0.29, 0.717) is 36.5 Å². The highest BCUT2D eigenvalue weighted by molar-refractivity contribution is 9.10. The predicted molar refractivity (Wildman–Crippen MR) is 127 cm³/mol. The Morgan fingerprint density at radius 2 is 1.97 bits per heavy atom. The van der Waals surface area contributed by atoms with E-state index in [-0.39, 0.29) is 23.2 Å². The van der Waals surface area contributed by atoms with Gasteiger partial charge in [-0.05, 0) is 65.5 Å². The Kier molecular flexibility index (Phi) is 5.88. The molecular formula is C23H24BrFN6O2. The molecule has 1 aliphatic heterocycles. The van der Waals surface area contributed by atoms with E-state index in [1.54, 1.807) is 19.1 Å². The molecule has 3 aromatic rings. The second kappa shape index (κ2) is 8.83. The lowest BCUT2D eigenvalue weighted by atomic mass is 10.1. The standard InChI is InChI=1S/C23H24BrFN6O2/c1-13-22(32)29-18-11-14(10-16(24)20(18)26-13)12-30-6-8-31(9-7-30)19-5-4-17(28-21(19)25)23(33)27-15-2-3-15/h4-5,10-11,15H,2-3,6-9,12H2,1H3,(H,27,33)(H,29,32). The maximum Gasteiger partial charge on any atom is 0.270 e. The molecule has 0 bridgehead atoms. The number of carbonyl (C=O) groups excluding carboxylic acids is 1. The van der Waals surface area contributed by atoms with Crippen molar-refractivity contribution in [1.29, 1.82) is 0 Å². The van der Waals surface area contributed by atoms with Crippen molar-refractivity contribution in [1.82, 2.24) is 25.2 Å². The first-order chi connectivity index (χ1) is 15.9. The molecule has 0 atom stereocenters. The van der Waals surface area contributed by atoms with Gasteiger partial charge in [-0.15, -0.1) is 0 Å². The number of halogens is 2. The topological polar surface area (TPSA) is 94.2 Å². The van der Waals surface area contributed by atoms with Crippen LogP contribution in [0, 0.1) is 12.9 Å². The van der Waals surface area contributed by atoms with Crippen LogP contribution in [0.4, 0.5) is 10.1 Å². The van der Waals surface area contributed by atoms with E-state index >= 15 is 0 Å². The van der Waals surface area contributed by atoms with Crippen LogP contribution in [0.25, 0.3) is 11.0 Å². The van der Waals surface area contributed by atoms with Crippen LogP contribution in [0.2, 0.25) is 0 Å². The molecule has 1 aliphatic carbocycles. The molecule has 1 saturated heterocycles. The van der Waals surface area contributed by atoms with Gasteiger partial charge in [-0.1, -0.05) is 0 Å². The Hall–Kier alpha value is -2.85. The molecular weight excluding hydrogens is 491 g/mol. The highest BCUT2D eigenvalue weighted by Crippen LogP contribution is 2.25. The number of carbonyl (C=O) groups is 1. The van der Waals surface area contributed by atoms with E-state index in [9.17, 15) is 14.0 Å². The number of H-pyrrole nitrogens is 1. The zero-order valence-corrected chi connectivity index (χ0v) is 19.8. The smallest absolute Gasteiger partial charge is 0.270 e. The number of aryl methyl sites for hydroxylation is 1. The summed E-state index contributed by atoms with van der Waals surface area (Å²) in [6.45, 7) is 5.20. The van der Waals surface area contributed by atoms with Gasteiger partial charge in [0.2, 0.25) is 5.95 Å². The van der Waals surface area contributed by atoms with Crippen molar-refractivity contribution in [2.75, 3.05) is 31.1 Å². The van der Waals surface area contributed by atoms with E-state index in [2.05, 4.69) is 41.1 Å². The molecule has 0 spiro atoms. The number of fused-ring (bicyclic) bond motifs is 1. The molecule has 5 rings (SSSR count). The van der Waals surface area contributed by atoms with Gasteiger partial charge in [0.1, 0.15) is 16.9 Å². The second-order valence-electron chi connectivity index (χ2n) is 8.64. The first-order valence-corrected chi connectivity index (χ1v) is 11.8. The first-order valence-electron chi connectivity index (χ1n) is 11.0. The van der Waals surface area contributed by atoms with Gasteiger partial charge in [0.05, 0.1) is 11.2 Å². The highest BCUT2D eigenvalue weighted by Gasteiger charge is 2.26. The molecule has 0 unspecified atom stereocenters. The van der Waals surface area contributed by atoms with Gasteiger partial charge in [-0.3, -0.25) is 14.5 Å². The first kappa shape index (κ1) is 22.0. The summed E-state index contributed by atoms with van der Waals surface area (Å²) in [5.74, 6) is -0.932. The number of hydrogen-bond acceptors (Lipinski definition) is 6. The number of anilines is 1. The van der Waals surface area contributed by atoms with Crippen LogP contribution < -0.4 is 15.8 Å². The fourth-order valence-electron chi connectivity index (χ4n) is 4.07. The minimum Gasteiger partial charge on any atom is -0.365 e. The Bertz CT molecular complexity index is 1280. The molecule has 0 radical (unpaired) electrons. The van der Waals surface area contributed by atoms with Crippen LogP contribution in [-0.2, 0) is 6.54 Å². The van der Waals surface area contributed by atoms with Crippen molar-refractivity contribution < 1.29 is 9.18 Å². The molecule has 2 N–H and O–H groups in total. The number of amides is 1. The zero-order valence-electron chi connectivity index (χ0n) is 18.2. The molecule has 2 aliphatic rings. The van der Waals surface area contributed by atoms with Gasteiger partial charge in [-0.25, -0.2) is 9.97 Å². The van der Waals surface area contributed by atoms with Crippen molar-refractivity contribution in [2.24, 2.45) is 0 Å². The van der Waals surface area contributed by atoms with Crippen molar-refractivity contribution in [3.63, 3.8) is 0 Å². The summed E-state index contributed by atoms with van der Waals surface area (Å²) in [6.07, 6.45) is 1.95. The lowest BCUT2D eigenvalue weighted by Gasteiger charge is -2.36. The number of rotatable bonds is 5. The normalized spacial score (nSPS) is 16.9. The molecule has 2 fully saturated rings. The Labute approximate surface area is 198 Å². The van der Waals surface area contributed by atoms with Gasteiger partial charge >= 0.3 is 0 Å². The van der Waals surface area contributed by atoms with E-state index < -0.39 is 5.95 Å². The number of aromatic amines is 1. The minimum absolute atomic E-state index is 0.117. The van der Waals surface area contributed by atoms with Gasteiger partial charge in [0, 0.05) is 43.2 Å². The van der Waals surface area contributed by atoms with E-state index in [1.165, 1.54) is 0 Å². The molecule has 1 aromatic carbocycles. The Morgan fingerprint density at radius 3 is 2.67 bits per heavy atom. The average molecular weight is 515 g/mol. The minimum atomic E-state index is -0.614. The summed E-state index contributed by atoms with van der Waals surface area (Å²) in [6, 6.07) is 7.42. The summed E-state index contributed by atoms with van der Waals surface area (Å²) < 4.78 is 15.5. The van der Waals surface area contributed by atoms with Crippen molar-refractivity contribution in [2.45, 2.75) is 32.4 Å².